The smallest absolute Gasteiger partial charge is 0.316 e. The van der Waals surface area contributed by atoms with E-state index in [0.29, 0.717) is 5.69 Å². The van der Waals surface area contributed by atoms with E-state index in [2.05, 4.69) is 0 Å². The first-order valence-corrected chi connectivity index (χ1v) is 4.37. The summed E-state index contributed by atoms with van der Waals surface area (Å²) in [5.41, 5.74) is 5.65. The van der Waals surface area contributed by atoms with E-state index >= 15 is 0 Å². The zero-order valence-electron chi connectivity index (χ0n) is 6.04. The van der Waals surface area contributed by atoms with Gasteiger partial charge in [-0.05, 0) is 18.2 Å². The van der Waals surface area contributed by atoms with Crippen LogP contribution in [0.15, 0.2) is 29.2 Å². The zero-order chi connectivity index (χ0) is 9.14. The van der Waals surface area contributed by atoms with E-state index in [1.165, 1.54) is 18.2 Å². The van der Waals surface area contributed by atoms with Crippen LogP contribution < -0.4 is 5.73 Å². The largest absolute Gasteiger partial charge is 0.399 e. The van der Waals surface area contributed by atoms with Crippen LogP contribution in [0, 0.1) is 0 Å². The summed E-state index contributed by atoms with van der Waals surface area (Å²) in [6, 6.07) is 5.68. The minimum atomic E-state index is -2.85. The zero-order valence-corrected chi connectivity index (χ0v) is 6.85. The molecular weight excluding hydrogens is 184 g/mol. The summed E-state index contributed by atoms with van der Waals surface area (Å²) in [4.78, 5) is 0.0602. The molecule has 5 heteroatoms. The van der Waals surface area contributed by atoms with Crippen LogP contribution in [-0.2, 0) is 10.8 Å². The molecule has 1 atom stereocenters. The predicted molar refractivity (Wildman–Crippen MR) is 43.3 cm³/mol. The molecule has 66 valence electrons. The van der Waals surface area contributed by atoms with E-state index in [1.54, 1.807) is 6.07 Å². The number of hydrogen-bond donors (Lipinski definition) is 1. The normalized spacial score (nSPS) is 13.2. The first-order valence-electron chi connectivity index (χ1n) is 3.15. The van der Waals surface area contributed by atoms with Gasteiger partial charge < -0.3 is 5.73 Å². The van der Waals surface area contributed by atoms with Crippen LogP contribution in [0.5, 0.6) is 0 Å². The molecule has 0 aromatic heterocycles. The summed E-state index contributed by atoms with van der Waals surface area (Å²) in [6.45, 7) is 0. The van der Waals surface area contributed by atoms with E-state index in [0.717, 1.165) is 0 Å². The van der Waals surface area contributed by atoms with Gasteiger partial charge in [0, 0.05) is 10.6 Å². The van der Waals surface area contributed by atoms with Crippen LogP contribution in [0.1, 0.15) is 0 Å². The molecule has 0 saturated carbocycles. The lowest BCUT2D eigenvalue weighted by Crippen LogP contribution is -2.02. The molecular formula is C7H7F2NOS. The lowest BCUT2D eigenvalue weighted by Gasteiger charge is -2.00. The monoisotopic (exact) mass is 191 g/mol. The van der Waals surface area contributed by atoms with Gasteiger partial charge in [-0.2, -0.15) is 8.78 Å². The number of hydrogen-bond acceptors (Lipinski definition) is 2. The van der Waals surface area contributed by atoms with Gasteiger partial charge >= 0.3 is 5.76 Å². The number of nitrogen functional groups attached to an aromatic ring is 1. The van der Waals surface area contributed by atoms with Gasteiger partial charge in [-0.1, -0.05) is 6.07 Å². The fourth-order valence-electron chi connectivity index (χ4n) is 0.743. The first kappa shape index (κ1) is 9.12. The molecule has 1 unspecified atom stereocenters. The van der Waals surface area contributed by atoms with Gasteiger partial charge in [0.1, 0.15) is 10.8 Å². The van der Waals surface area contributed by atoms with E-state index in [1.807, 2.05) is 0 Å². The maximum absolute atomic E-state index is 11.9. The molecule has 0 spiro atoms. The number of anilines is 1. The van der Waals surface area contributed by atoms with Crippen molar-refractivity contribution < 1.29 is 13.0 Å². The highest BCUT2D eigenvalue weighted by atomic mass is 32.2. The average molecular weight is 191 g/mol. The molecule has 12 heavy (non-hydrogen) atoms. The van der Waals surface area contributed by atoms with Crippen LogP contribution >= 0.6 is 0 Å². The molecule has 1 aromatic carbocycles. The molecule has 0 heterocycles. The van der Waals surface area contributed by atoms with E-state index in [9.17, 15) is 13.0 Å². The van der Waals surface area contributed by atoms with Crippen molar-refractivity contribution >= 4 is 16.5 Å². The molecule has 0 aliphatic rings. The molecule has 1 aromatic rings. The Labute approximate surface area is 70.8 Å². The number of benzene rings is 1. The van der Waals surface area contributed by atoms with Crippen LogP contribution in [0.2, 0.25) is 0 Å². The standard InChI is InChI=1S/C7H7F2NOS/c8-7(9)12(11)6-3-1-2-5(10)4-6/h1-4,7H,10H2. The number of halogens is 2. The Morgan fingerprint density at radius 3 is 2.58 bits per heavy atom. The second-order valence-corrected chi connectivity index (χ2v) is 3.55. The van der Waals surface area contributed by atoms with Crippen molar-refractivity contribution in [2.75, 3.05) is 5.73 Å². The Morgan fingerprint density at radius 1 is 1.42 bits per heavy atom. The van der Waals surface area contributed by atoms with Crippen molar-refractivity contribution in [3.63, 3.8) is 0 Å². The van der Waals surface area contributed by atoms with Crippen molar-refractivity contribution in [3.8, 4) is 0 Å². The molecule has 0 saturated heterocycles. The number of alkyl halides is 2. The van der Waals surface area contributed by atoms with Gasteiger partial charge in [0.2, 0.25) is 0 Å². The molecule has 0 radical (unpaired) electrons. The van der Waals surface area contributed by atoms with Gasteiger partial charge in [0.15, 0.2) is 0 Å². The van der Waals surface area contributed by atoms with Gasteiger partial charge in [0.25, 0.3) is 0 Å². The summed E-state index contributed by atoms with van der Waals surface area (Å²) in [5, 5.41) is 0. The maximum atomic E-state index is 11.9. The fourth-order valence-corrected chi connectivity index (χ4v) is 1.41. The maximum Gasteiger partial charge on any atom is 0.316 e. The SMILES string of the molecule is Nc1cccc(S(=O)C(F)F)c1. The molecule has 0 aliphatic heterocycles. The van der Waals surface area contributed by atoms with E-state index in [-0.39, 0.29) is 4.90 Å². The Bertz CT molecular complexity index is 303. The lowest BCUT2D eigenvalue weighted by molar-refractivity contribution is 0.244. The molecule has 1 rings (SSSR count). The molecule has 0 fully saturated rings. The molecule has 2 nitrogen and oxygen atoms in total. The topological polar surface area (TPSA) is 43.1 Å². The van der Waals surface area contributed by atoms with Crippen molar-refractivity contribution in [3.05, 3.63) is 24.3 Å². The Hall–Kier alpha value is -0.970. The summed E-state index contributed by atoms with van der Waals surface area (Å²) in [6.07, 6.45) is 0. The first-order chi connectivity index (χ1) is 5.61. The summed E-state index contributed by atoms with van der Waals surface area (Å²) in [5.74, 6) is -2.85. The van der Waals surface area contributed by atoms with Crippen molar-refractivity contribution in [1.29, 1.82) is 0 Å². The fraction of sp³-hybridized carbons (Fsp3) is 0.143. The number of rotatable bonds is 2. The average Bonchev–Trinajstić information content (AvgIpc) is 2.03. The van der Waals surface area contributed by atoms with E-state index < -0.39 is 16.6 Å². The second-order valence-electron chi connectivity index (χ2n) is 2.13. The quantitative estimate of drug-likeness (QED) is 0.721. The van der Waals surface area contributed by atoms with Crippen LogP contribution in [0.4, 0.5) is 14.5 Å². The predicted octanol–water partition coefficient (Wildman–Crippen LogP) is 1.60. The van der Waals surface area contributed by atoms with Crippen molar-refractivity contribution in [1.82, 2.24) is 0 Å². The molecule has 0 bridgehead atoms. The highest BCUT2D eigenvalue weighted by Gasteiger charge is 2.14. The van der Waals surface area contributed by atoms with Gasteiger partial charge in [0.05, 0.1) is 0 Å². The van der Waals surface area contributed by atoms with E-state index in [4.69, 9.17) is 5.73 Å². The third-order valence-corrected chi connectivity index (χ3v) is 2.29. The lowest BCUT2D eigenvalue weighted by atomic mass is 10.3. The highest BCUT2D eigenvalue weighted by Crippen LogP contribution is 2.15. The Balaban J connectivity index is 2.96. The minimum absolute atomic E-state index is 0.0602. The third kappa shape index (κ3) is 2.01. The van der Waals surface area contributed by atoms with Crippen molar-refractivity contribution in [2.24, 2.45) is 0 Å². The van der Waals surface area contributed by atoms with Crippen LogP contribution in [0.25, 0.3) is 0 Å². The van der Waals surface area contributed by atoms with Crippen LogP contribution in [0.3, 0.4) is 0 Å². The van der Waals surface area contributed by atoms with Gasteiger partial charge in [-0.3, -0.25) is 0 Å². The molecule has 0 aliphatic carbocycles. The van der Waals surface area contributed by atoms with Crippen molar-refractivity contribution in [2.45, 2.75) is 10.7 Å². The minimum Gasteiger partial charge on any atom is -0.399 e. The summed E-state index contributed by atoms with van der Waals surface area (Å²) in [7, 11) is -2.26. The third-order valence-electron chi connectivity index (χ3n) is 1.25. The van der Waals surface area contributed by atoms with Gasteiger partial charge in [-0.15, -0.1) is 0 Å². The second kappa shape index (κ2) is 3.62. The molecule has 0 amide bonds. The Kier molecular flexibility index (Phi) is 2.75. The summed E-state index contributed by atoms with van der Waals surface area (Å²) >= 11 is 0. The molecule has 2 N–H and O–H groups in total. The highest BCUT2D eigenvalue weighted by molar-refractivity contribution is 7.85. The van der Waals surface area contributed by atoms with Crippen LogP contribution in [-0.4, -0.2) is 9.97 Å². The Morgan fingerprint density at radius 2 is 2.08 bits per heavy atom. The number of nitrogens with two attached hydrogens (primary N) is 1. The van der Waals surface area contributed by atoms with Gasteiger partial charge in [-0.25, -0.2) is 4.21 Å². The summed E-state index contributed by atoms with van der Waals surface area (Å²) < 4.78 is 34.6.